The van der Waals surface area contributed by atoms with Crippen LogP contribution in [0.15, 0.2) is 146 Å². The van der Waals surface area contributed by atoms with Gasteiger partial charge in [0.15, 0.2) is 0 Å². The first-order chi connectivity index (χ1) is 42.0. The zero-order chi connectivity index (χ0) is 62.6. The van der Waals surface area contributed by atoms with Crippen LogP contribution in [0, 0.1) is 0 Å². The molecule has 492 valence electrons. The van der Waals surface area contributed by atoms with Crippen LogP contribution in [0.4, 0.5) is 0 Å². The van der Waals surface area contributed by atoms with Crippen LogP contribution in [0.1, 0.15) is 284 Å². The largest absolute Gasteiger partial charge is 0.472 e. The molecular formula is C77H134N2O6P+. The highest BCUT2D eigenvalue weighted by Gasteiger charge is 2.28. The molecule has 0 aromatic heterocycles. The van der Waals surface area contributed by atoms with Crippen molar-refractivity contribution in [3.8, 4) is 0 Å². The Morgan fingerprint density at radius 3 is 1.02 bits per heavy atom. The molecule has 0 aliphatic heterocycles. The van der Waals surface area contributed by atoms with Gasteiger partial charge in [0, 0.05) is 6.42 Å². The van der Waals surface area contributed by atoms with Crippen LogP contribution in [0.2, 0.25) is 0 Å². The van der Waals surface area contributed by atoms with Crippen molar-refractivity contribution in [3.05, 3.63) is 146 Å². The van der Waals surface area contributed by atoms with E-state index in [1.54, 1.807) is 6.08 Å². The Hall–Kier alpha value is -3.62. The molecule has 0 aliphatic rings. The molecule has 0 saturated carbocycles. The summed E-state index contributed by atoms with van der Waals surface area (Å²) in [6.07, 6.45) is 101. The molecule has 1 amide bonds. The number of likely N-dealkylation sites (N-methyl/N-ethyl adjacent to an activating group) is 1. The Bertz CT molecular complexity index is 1910. The summed E-state index contributed by atoms with van der Waals surface area (Å²) < 4.78 is 23.8. The quantitative estimate of drug-likeness (QED) is 0.0243. The number of phosphoric acid groups is 1. The molecule has 86 heavy (non-hydrogen) atoms. The Balaban J connectivity index is 4.23. The molecule has 0 spiro atoms. The summed E-state index contributed by atoms with van der Waals surface area (Å²) in [5.74, 6) is -0.212. The van der Waals surface area contributed by atoms with Crippen LogP contribution in [0.25, 0.3) is 0 Å². The molecule has 3 N–H and O–H groups in total. The number of unbranched alkanes of at least 4 members (excludes halogenated alkanes) is 28. The number of carbonyl (C=O) groups is 1. The van der Waals surface area contributed by atoms with E-state index in [-0.39, 0.29) is 19.1 Å². The second-order valence-corrected chi connectivity index (χ2v) is 26.0. The summed E-state index contributed by atoms with van der Waals surface area (Å²) in [5.41, 5.74) is 0. The third-order valence-electron chi connectivity index (χ3n) is 15.1. The highest BCUT2D eigenvalue weighted by molar-refractivity contribution is 7.47. The van der Waals surface area contributed by atoms with Gasteiger partial charge in [-0.05, 0) is 103 Å². The smallest absolute Gasteiger partial charge is 0.387 e. The van der Waals surface area contributed by atoms with Crippen molar-refractivity contribution < 1.29 is 32.9 Å². The monoisotopic (exact) mass is 1210 g/mol. The first kappa shape index (κ1) is 82.4. The number of allylic oxidation sites excluding steroid dienone is 23. The van der Waals surface area contributed by atoms with Gasteiger partial charge in [0.25, 0.3) is 0 Å². The molecule has 0 aromatic rings. The summed E-state index contributed by atoms with van der Waals surface area (Å²) in [5, 5.41) is 14.0. The van der Waals surface area contributed by atoms with Crippen molar-refractivity contribution in [2.45, 2.75) is 296 Å². The SMILES string of the molecule is CC/C=C\C/C=C\C/C=C\C/C=C\C/C=C\C/C=C\C/C=C\C/C=C\C/C=C\C/C=C\C/C=C\CCCCCC(=O)NC(COP(=O)(O)OCC[N+](C)(C)C)C(O)/C=C/CCCCCCCCCCCCCCCCCCCCCCCCCCC. The van der Waals surface area contributed by atoms with Gasteiger partial charge in [-0.3, -0.25) is 13.8 Å². The number of aliphatic hydroxyl groups excluding tert-OH is 1. The van der Waals surface area contributed by atoms with E-state index in [0.29, 0.717) is 23.9 Å². The van der Waals surface area contributed by atoms with Crippen molar-refractivity contribution in [2.75, 3.05) is 40.9 Å². The molecule has 0 radical (unpaired) electrons. The third kappa shape index (κ3) is 67.9. The van der Waals surface area contributed by atoms with Crippen molar-refractivity contribution in [1.82, 2.24) is 5.32 Å². The zero-order valence-corrected chi connectivity index (χ0v) is 57.1. The molecule has 0 bridgehead atoms. The Kier molecular flexibility index (Phi) is 63.0. The maximum Gasteiger partial charge on any atom is 0.472 e. The van der Waals surface area contributed by atoms with Gasteiger partial charge in [-0.15, -0.1) is 0 Å². The number of nitrogens with zero attached hydrogens (tertiary/aromatic N) is 1. The van der Waals surface area contributed by atoms with E-state index in [0.717, 1.165) is 109 Å². The van der Waals surface area contributed by atoms with Crippen molar-refractivity contribution in [3.63, 3.8) is 0 Å². The molecule has 3 atom stereocenters. The van der Waals surface area contributed by atoms with E-state index in [1.807, 2.05) is 27.2 Å². The second-order valence-electron chi connectivity index (χ2n) is 24.5. The van der Waals surface area contributed by atoms with Crippen LogP contribution in [0.3, 0.4) is 0 Å². The zero-order valence-electron chi connectivity index (χ0n) is 56.3. The van der Waals surface area contributed by atoms with Gasteiger partial charge >= 0.3 is 7.82 Å². The molecule has 3 unspecified atom stereocenters. The van der Waals surface area contributed by atoms with E-state index in [9.17, 15) is 19.4 Å². The second kappa shape index (κ2) is 65.8. The van der Waals surface area contributed by atoms with E-state index in [4.69, 9.17) is 9.05 Å². The summed E-state index contributed by atoms with van der Waals surface area (Å²) in [6.45, 7) is 4.69. The fraction of sp³-hybridized carbons (Fsp3) is 0.675. The first-order valence-corrected chi connectivity index (χ1v) is 36.7. The van der Waals surface area contributed by atoms with Gasteiger partial charge in [-0.2, -0.15) is 0 Å². The van der Waals surface area contributed by atoms with E-state index >= 15 is 0 Å². The fourth-order valence-electron chi connectivity index (χ4n) is 9.64. The van der Waals surface area contributed by atoms with Gasteiger partial charge in [0.05, 0.1) is 39.9 Å². The number of quaternary nitrogens is 1. The highest BCUT2D eigenvalue weighted by atomic mass is 31.2. The normalized spacial score (nSPS) is 14.5. The number of aliphatic hydroxyl groups is 1. The molecule has 0 aliphatic carbocycles. The highest BCUT2D eigenvalue weighted by Crippen LogP contribution is 2.43. The van der Waals surface area contributed by atoms with Gasteiger partial charge in [-0.25, -0.2) is 4.57 Å². The van der Waals surface area contributed by atoms with Gasteiger partial charge in [0.2, 0.25) is 5.91 Å². The Labute approximate surface area is 531 Å². The van der Waals surface area contributed by atoms with Crippen molar-refractivity contribution >= 4 is 13.7 Å². The molecule has 9 heteroatoms. The summed E-state index contributed by atoms with van der Waals surface area (Å²) >= 11 is 0. The lowest BCUT2D eigenvalue weighted by molar-refractivity contribution is -0.870. The number of hydrogen-bond acceptors (Lipinski definition) is 5. The van der Waals surface area contributed by atoms with Gasteiger partial charge in [-0.1, -0.05) is 320 Å². The topological polar surface area (TPSA) is 105 Å². The standard InChI is InChI=1S/C77H133N2O6P/c1-6-8-10-12-14-16-18-20-22-24-26-28-30-32-34-35-36-37-38-39-40-41-42-43-45-47-49-51-53-55-57-59-61-63-65-67-69-71-77(81)78-75(74-85-86(82,83)84-73-72-79(3,4)5)76(80)70-68-66-64-62-60-58-56-54-52-50-48-46-44-33-31-29-27-25-23-21-19-17-15-13-11-9-7-2/h8,10,14,16,20,22,26,28,32,34,36-37,39-40,42-43,47,49,53,55,59,61,68,70,75-76,80H,6-7,9,11-13,15,17-19,21,23-25,27,29-31,33,35,38,41,44-46,48,50-52,54,56-58,60,62-67,69,71-74H2,1-5H3,(H-,78,81,82,83)/p+1/b10-8-,16-14-,22-20-,28-26-,34-32-,37-36-,40-39-,43-42-,49-47-,55-53-,61-59-,70-68+. The summed E-state index contributed by atoms with van der Waals surface area (Å²) in [7, 11) is 1.53. The Morgan fingerprint density at radius 1 is 0.407 bits per heavy atom. The molecule has 0 saturated heterocycles. The van der Waals surface area contributed by atoms with Crippen LogP contribution in [-0.2, 0) is 18.4 Å². The van der Waals surface area contributed by atoms with Crippen LogP contribution in [0.5, 0.6) is 0 Å². The van der Waals surface area contributed by atoms with Crippen LogP contribution >= 0.6 is 7.82 Å². The van der Waals surface area contributed by atoms with Gasteiger partial charge < -0.3 is 19.8 Å². The lowest BCUT2D eigenvalue weighted by Crippen LogP contribution is -2.45. The average Bonchev–Trinajstić information content (AvgIpc) is 3.70. The molecule has 0 fully saturated rings. The van der Waals surface area contributed by atoms with Crippen molar-refractivity contribution in [2.24, 2.45) is 0 Å². The van der Waals surface area contributed by atoms with E-state index in [1.165, 1.54) is 148 Å². The molecule has 0 heterocycles. The third-order valence-corrected chi connectivity index (χ3v) is 16.0. The molecule has 0 aromatic carbocycles. The number of amides is 1. The number of carbonyl (C=O) groups excluding carboxylic acids is 1. The predicted molar refractivity (Wildman–Crippen MR) is 378 cm³/mol. The maximum atomic E-state index is 13.0. The lowest BCUT2D eigenvalue weighted by atomic mass is 10.0. The average molecular weight is 1210 g/mol. The van der Waals surface area contributed by atoms with Crippen LogP contribution < -0.4 is 5.32 Å². The minimum Gasteiger partial charge on any atom is -0.387 e. The van der Waals surface area contributed by atoms with Crippen LogP contribution in [-0.4, -0.2) is 73.4 Å². The van der Waals surface area contributed by atoms with E-state index < -0.39 is 20.0 Å². The number of nitrogens with one attached hydrogen (secondary N) is 1. The predicted octanol–water partition coefficient (Wildman–Crippen LogP) is 22.8. The fourth-order valence-corrected chi connectivity index (χ4v) is 10.4. The van der Waals surface area contributed by atoms with Gasteiger partial charge in [0.1, 0.15) is 13.2 Å². The molecule has 8 nitrogen and oxygen atoms in total. The molecule has 0 rings (SSSR count). The maximum absolute atomic E-state index is 13.0. The summed E-state index contributed by atoms with van der Waals surface area (Å²) in [6, 6.07) is -0.878. The van der Waals surface area contributed by atoms with Crippen molar-refractivity contribution in [1.29, 1.82) is 0 Å². The number of rotatable bonds is 63. The minimum absolute atomic E-state index is 0.0473. The molecular weight excluding hydrogens is 1080 g/mol. The first-order valence-electron chi connectivity index (χ1n) is 35.2. The number of phosphoric ester groups is 1. The lowest BCUT2D eigenvalue weighted by Gasteiger charge is -2.25. The minimum atomic E-state index is -4.37. The number of hydrogen-bond donors (Lipinski definition) is 3. The summed E-state index contributed by atoms with van der Waals surface area (Å²) in [4.78, 5) is 23.4. The van der Waals surface area contributed by atoms with E-state index in [2.05, 4.69) is 153 Å². The Morgan fingerprint density at radius 2 is 0.698 bits per heavy atom.